The fourth-order valence-electron chi connectivity index (χ4n) is 3.10. The van der Waals surface area contributed by atoms with Gasteiger partial charge in [-0.25, -0.2) is 4.98 Å². The Labute approximate surface area is 121 Å². The number of rotatable bonds is 2. The zero-order valence-electron chi connectivity index (χ0n) is 11.5. The summed E-state index contributed by atoms with van der Waals surface area (Å²) in [6.45, 7) is 0. The van der Waals surface area contributed by atoms with Gasteiger partial charge in [-0.05, 0) is 19.3 Å². The number of aromatic nitrogens is 5. The van der Waals surface area contributed by atoms with Crippen LogP contribution in [0.1, 0.15) is 30.9 Å². The van der Waals surface area contributed by atoms with E-state index in [1.807, 2.05) is 12.3 Å². The summed E-state index contributed by atoms with van der Waals surface area (Å²) in [6.07, 6.45) is 8.44. The van der Waals surface area contributed by atoms with Crippen molar-refractivity contribution in [3.05, 3.63) is 30.4 Å². The third-order valence-electron chi connectivity index (χ3n) is 4.22. The van der Waals surface area contributed by atoms with Crippen molar-refractivity contribution in [3.8, 4) is 11.1 Å². The molecule has 5 N–H and O–H groups in total. The molecule has 3 heterocycles. The molecular weight excluding hydrogens is 266 g/mol. The van der Waals surface area contributed by atoms with Crippen LogP contribution in [0.5, 0.6) is 0 Å². The van der Waals surface area contributed by atoms with E-state index >= 15 is 0 Å². The lowest BCUT2D eigenvalue weighted by molar-refractivity contribution is 0.661. The fraction of sp³-hybridized carbons (Fsp3) is 0.357. The Kier molecular flexibility index (Phi) is 2.68. The molecule has 0 radical (unpaired) electrons. The maximum atomic E-state index is 6.13. The van der Waals surface area contributed by atoms with Gasteiger partial charge in [0.1, 0.15) is 5.82 Å². The SMILES string of the molecule is Nc1cc([C@@H]2CC[C@@H](N)C2)nc2c(-c3cn[nH]c3)cnn12. The predicted octanol–water partition coefficient (Wildman–Crippen LogP) is 1.30. The highest BCUT2D eigenvalue weighted by Crippen LogP contribution is 2.34. The summed E-state index contributed by atoms with van der Waals surface area (Å²) >= 11 is 0. The van der Waals surface area contributed by atoms with E-state index in [1.54, 1.807) is 16.9 Å². The molecule has 0 amide bonds. The third kappa shape index (κ3) is 1.97. The molecule has 0 bridgehead atoms. The molecule has 3 aromatic heterocycles. The molecule has 3 aromatic rings. The predicted molar refractivity (Wildman–Crippen MR) is 79.5 cm³/mol. The Morgan fingerprint density at radius 3 is 2.90 bits per heavy atom. The number of hydrogen-bond donors (Lipinski definition) is 3. The lowest BCUT2D eigenvalue weighted by Gasteiger charge is -2.11. The van der Waals surface area contributed by atoms with Gasteiger partial charge in [-0.15, -0.1) is 0 Å². The topological polar surface area (TPSA) is 111 Å². The number of nitrogens with two attached hydrogens (primary N) is 2. The van der Waals surface area contributed by atoms with Gasteiger partial charge >= 0.3 is 0 Å². The number of aromatic amines is 1. The Morgan fingerprint density at radius 2 is 2.19 bits per heavy atom. The van der Waals surface area contributed by atoms with Crippen molar-refractivity contribution in [2.24, 2.45) is 5.73 Å². The van der Waals surface area contributed by atoms with Crippen LogP contribution >= 0.6 is 0 Å². The van der Waals surface area contributed by atoms with Crippen LogP contribution in [0.3, 0.4) is 0 Å². The highest BCUT2D eigenvalue weighted by Gasteiger charge is 2.25. The summed E-state index contributed by atoms with van der Waals surface area (Å²) in [5.74, 6) is 0.990. The minimum atomic E-state index is 0.271. The summed E-state index contributed by atoms with van der Waals surface area (Å²) in [4.78, 5) is 4.79. The maximum absolute atomic E-state index is 6.13. The molecule has 2 atom stereocenters. The van der Waals surface area contributed by atoms with E-state index in [-0.39, 0.29) is 6.04 Å². The molecule has 7 heteroatoms. The second-order valence-corrected chi connectivity index (χ2v) is 5.66. The van der Waals surface area contributed by atoms with E-state index < -0.39 is 0 Å². The van der Waals surface area contributed by atoms with Crippen molar-refractivity contribution in [1.29, 1.82) is 0 Å². The molecule has 1 aliphatic rings. The molecule has 0 aromatic carbocycles. The van der Waals surface area contributed by atoms with Gasteiger partial charge < -0.3 is 11.5 Å². The number of hydrogen-bond acceptors (Lipinski definition) is 5. The van der Waals surface area contributed by atoms with Gasteiger partial charge in [0.25, 0.3) is 0 Å². The molecule has 1 fully saturated rings. The Bertz CT molecular complexity index is 774. The average molecular weight is 283 g/mol. The second-order valence-electron chi connectivity index (χ2n) is 5.66. The number of nitrogen functional groups attached to an aromatic ring is 1. The molecule has 0 unspecified atom stereocenters. The molecule has 21 heavy (non-hydrogen) atoms. The number of fused-ring (bicyclic) bond motifs is 1. The summed E-state index contributed by atoms with van der Waals surface area (Å²) in [5.41, 5.74) is 15.8. The zero-order valence-corrected chi connectivity index (χ0v) is 11.5. The standard InChI is InChI=1S/C14H17N7/c15-10-2-1-8(3-10)12-4-13(16)21-14(20-12)11(7-19-21)9-5-17-18-6-9/h4-8,10H,1-3,15-16H2,(H,17,18)/t8-,10-/m1/s1. The van der Waals surface area contributed by atoms with Gasteiger partial charge in [-0.2, -0.15) is 14.7 Å². The van der Waals surface area contributed by atoms with Crippen LogP contribution < -0.4 is 11.5 Å². The van der Waals surface area contributed by atoms with Crippen LogP contribution in [0.4, 0.5) is 5.82 Å². The third-order valence-corrected chi connectivity index (χ3v) is 4.22. The lowest BCUT2D eigenvalue weighted by Crippen LogP contribution is -2.15. The summed E-state index contributed by atoms with van der Waals surface area (Å²) in [5, 5.41) is 11.1. The normalized spacial score (nSPS) is 22.1. The van der Waals surface area contributed by atoms with Crippen molar-refractivity contribution >= 4 is 11.5 Å². The molecule has 4 rings (SSSR count). The Hall–Kier alpha value is -2.41. The fourth-order valence-corrected chi connectivity index (χ4v) is 3.10. The monoisotopic (exact) mass is 283 g/mol. The van der Waals surface area contributed by atoms with E-state index in [2.05, 4.69) is 15.3 Å². The van der Waals surface area contributed by atoms with Crippen molar-refractivity contribution < 1.29 is 0 Å². The number of nitrogens with zero attached hydrogens (tertiary/aromatic N) is 4. The first kappa shape index (κ1) is 12.3. The largest absolute Gasteiger partial charge is 0.384 e. The van der Waals surface area contributed by atoms with E-state index in [0.29, 0.717) is 11.7 Å². The number of H-pyrrole nitrogens is 1. The maximum Gasteiger partial charge on any atom is 0.165 e. The van der Waals surface area contributed by atoms with Crippen LogP contribution in [0.25, 0.3) is 16.8 Å². The molecule has 1 saturated carbocycles. The number of nitrogens with one attached hydrogen (secondary N) is 1. The summed E-state index contributed by atoms with van der Waals surface area (Å²) in [7, 11) is 0. The smallest absolute Gasteiger partial charge is 0.165 e. The minimum Gasteiger partial charge on any atom is -0.384 e. The van der Waals surface area contributed by atoms with Crippen molar-refractivity contribution in [3.63, 3.8) is 0 Å². The van der Waals surface area contributed by atoms with Crippen molar-refractivity contribution in [2.45, 2.75) is 31.2 Å². The Morgan fingerprint density at radius 1 is 1.29 bits per heavy atom. The first-order valence-electron chi connectivity index (χ1n) is 7.11. The van der Waals surface area contributed by atoms with E-state index in [9.17, 15) is 0 Å². The van der Waals surface area contributed by atoms with Gasteiger partial charge in [0.2, 0.25) is 0 Å². The molecular formula is C14H17N7. The quantitative estimate of drug-likeness (QED) is 0.656. The van der Waals surface area contributed by atoms with Crippen molar-refractivity contribution in [2.75, 3.05) is 5.73 Å². The molecule has 0 spiro atoms. The minimum absolute atomic E-state index is 0.271. The highest BCUT2D eigenvalue weighted by atomic mass is 15.3. The van der Waals surface area contributed by atoms with Gasteiger partial charge in [-0.3, -0.25) is 5.10 Å². The molecule has 0 aliphatic heterocycles. The van der Waals surface area contributed by atoms with Gasteiger partial charge in [0.05, 0.1) is 12.4 Å². The first-order chi connectivity index (χ1) is 10.2. The summed E-state index contributed by atoms with van der Waals surface area (Å²) < 4.78 is 1.67. The average Bonchev–Trinajstić information content (AvgIpc) is 3.16. The molecule has 1 aliphatic carbocycles. The van der Waals surface area contributed by atoms with Crippen LogP contribution in [-0.2, 0) is 0 Å². The zero-order chi connectivity index (χ0) is 14.4. The Balaban J connectivity index is 1.85. The van der Waals surface area contributed by atoms with Gasteiger partial charge in [-0.1, -0.05) is 0 Å². The van der Waals surface area contributed by atoms with Crippen LogP contribution in [0.2, 0.25) is 0 Å². The second kappa shape index (κ2) is 4.56. The van der Waals surface area contributed by atoms with Gasteiger partial charge in [0, 0.05) is 41.0 Å². The molecule has 7 nitrogen and oxygen atoms in total. The lowest BCUT2D eigenvalue weighted by atomic mass is 10.0. The van der Waals surface area contributed by atoms with Crippen LogP contribution in [0, 0.1) is 0 Å². The van der Waals surface area contributed by atoms with Crippen molar-refractivity contribution in [1.82, 2.24) is 24.8 Å². The number of anilines is 1. The molecule has 0 saturated heterocycles. The first-order valence-corrected chi connectivity index (χ1v) is 7.11. The van der Waals surface area contributed by atoms with Crippen LogP contribution in [-0.4, -0.2) is 30.8 Å². The van der Waals surface area contributed by atoms with E-state index in [1.165, 1.54) is 0 Å². The summed E-state index contributed by atoms with van der Waals surface area (Å²) in [6, 6.07) is 2.19. The highest BCUT2D eigenvalue weighted by molar-refractivity contribution is 5.77. The molecule has 108 valence electrons. The van der Waals surface area contributed by atoms with E-state index in [0.717, 1.165) is 41.7 Å². The van der Waals surface area contributed by atoms with E-state index in [4.69, 9.17) is 16.5 Å². The van der Waals surface area contributed by atoms with Gasteiger partial charge in [0.15, 0.2) is 5.65 Å². The van der Waals surface area contributed by atoms with Crippen LogP contribution in [0.15, 0.2) is 24.7 Å².